The Morgan fingerprint density at radius 3 is 2.82 bits per heavy atom. The van der Waals surface area contributed by atoms with Crippen molar-refractivity contribution in [3.63, 3.8) is 0 Å². The molecule has 0 unspecified atom stereocenters. The fraction of sp³-hybridized carbons (Fsp3) is 0.524. The van der Waals surface area contributed by atoms with Crippen LogP contribution in [0, 0.1) is 0 Å². The molecule has 0 spiro atoms. The minimum absolute atomic E-state index is 0.175. The van der Waals surface area contributed by atoms with Gasteiger partial charge in [0.05, 0.1) is 28.9 Å². The summed E-state index contributed by atoms with van der Waals surface area (Å²) >= 11 is 8.13. The highest BCUT2D eigenvalue weighted by atomic mass is 35.5. The van der Waals surface area contributed by atoms with Gasteiger partial charge in [-0.1, -0.05) is 18.5 Å². The summed E-state index contributed by atoms with van der Waals surface area (Å²) in [6.45, 7) is 5.47. The molecule has 0 saturated carbocycles. The topological polar surface area (TPSA) is 60.5 Å². The molecule has 1 heterocycles. The number of rotatable bonds is 9. The molecule has 1 aliphatic rings. The lowest BCUT2D eigenvalue weighted by Gasteiger charge is -2.15. The first-order chi connectivity index (χ1) is 13.6. The van der Waals surface area contributed by atoms with Crippen LogP contribution < -0.4 is 14.8 Å². The Balaban J connectivity index is 1.62. The number of ether oxygens (including phenoxy) is 2. The number of hydrogen-bond donors (Lipinski definition) is 1. The maximum absolute atomic E-state index is 12.6. The van der Waals surface area contributed by atoms with E-state index in [0.717, 1.165) is 30.7 Å². The second kappa shape index (κ2) is 10.1. The number of nitrogens with one attached hydrogen (secondary N) is 1. The van der Waals surface area contributed by atoms with Gasteiger partial charge < -0.3 is 14.8 Å². The SMILES string of the molecule is CCCOc1c(Cl)cc(C(=O)NCCc2nc3c(s2)CCCC3)cc1OCC. The van der Waals surface area contributed by atoms with Crippen molar-refractivity contribution in [1.29, 1.82) is 0 Å². The van der Waals surface area contributed by atoms with Gasteiger partial charge in [-0.15, -0.1) is 11.3 Å². The number of aromatic nitrogens is 1. The number of thiazole rings is 1. The zero-order valence-corrected chi connectivity index (χ0v) is 18.0. The number of fused-ring (bicyclic) bond motifs is 1. The van der Waals surface area contributed by atoms with Gasteiger partial charge in [0.2, 0.25) is 0 Å². The first kappa shape index (κ1) is 20.9. The summed E-state index contributed by atoms with van der Waals surface area (Å²) in [5.74, 6) is 0.822. The van der Waals surface area contributed by atoms with Gasteiger partial charge in [0.1, 0.15) is 0 Å². The molecule has 28 heavy (non-hydrogen) atoms. The van der Waals surface area contributed by atoms with Crippen molar-refractivity contribution < 1.29 is 14.3 Å². The highest BCUT2D eigenvalue weighted by molar-refractivity contribution is 7.11. The van der Waals surface area contributed by atoms with Gasteiger partial charge in [-0.05, 0) is 51.2 Å². The maximum atomic E-state index is 12.6. The lowest BCUT2D eigenvalue weighted by molar-refractivity contribution is 0.0953. The molecule has 0 bridgehead atoms. The van der Waals surface area contributed by atoms with Gasteiger partial charge >= 0.3 is 0 Å². The smallest absolute Gasteiger partial charge is 0.251 e. The van der Waals surface area contributed by atoms with E-state index in [9.17, 15) is 4.79 Å². The standard InChI is InChI=1S/C21H27ClN2O3S/c1-3-11-27-20-15(22)12-14(13-17(20)26-4-2)21(25)23-10-9-19-24-16-7-5-6-8-18(16)28-19/h12-13H,3-11H2,1-2H3,(H,23,25). The third kappa shape index (κ3) is 5.17. The summed E-state index contributed by atoms with van der Waals surface area (Å²) in [5.41, 5.74) is 1.73. The Labute approximate surface area is 175 Å². The summed E-state index contributed by atoms with van der Waals surface area (Å²) in [6, 6.07) is 3.32. The lowest BCUT2D eigenvalue weighted by Crippen LogP contribution is -2.25. The van der Waals surface area contributed by atoms with Crippen molar-refractivity contribution >= 4 is 28.8 Å². The van der Waals surface area contributed by atoms with Gasteiger partial charge in [0.25, 0.3) is 5.91 Å². The van der Waals surface area contributed by atoms with E-state index in [-0.39, 0.29) is 5.91 Å². The van der Waals surface area contributed by atoms with E-state index in [2.05, 4.69) is 5.32 Å². The van der Waals surface area contributed by atoms with E-state index in [1.54, 1.807) is 23.5 Å². The van der Waals surface area contributed by atoms with Gasteiger partial charge in [-0.3, -0.25) is 4.79 Å². The minimum atomic E-state index is -0.175. The van der Waals surface area contributed by atoms with E-state index in [1.807, 2.05) is 13.8 Å². The van der Waals surface area contributed by atoms with Gasteiger partial charge in [-0.2, -0.15) is 0 Å². The second-order valence-corrected chi connectivity index (χ2v) is 8.33. The third-order valence-corrected chi connectivity index (χ3v) is 6.03. The van der Waals surface area contributed by atoms with Gasteiger partial charge in [-0.25, -0.2) is 4.98 Å². The number of carbonyl (C=O) groups is 1. The number of halogens is 1. The van der Waals surface area contributed by atoms with Crippen molar-refractivity contribution in [3.8, 4) is 11.5 Å². The van der Waals surface area contributed by atoms with Crippen LogP contribution >= 0.6 is 22.9 Å². The average Bonchev–Trinajstić information content (AvgIpc) is 3.10. The number of nitrogens with zero attached hydrogens (tertiary/aromatic N) is 1. The summed E-state index contributed by atoms with van der Waals surface area (Å²) in [6.07, 6.45) is 6.32. The Hall–Kier alpha value is -1.79. The molecule has 1 aromatic carbocycles. The van der Waals surface area contributed by atoms with Crippen LogP contribution in [0.2, 0.25) is 5.02 Å². The Kier molecular flexibility index (Phi) is 7.57. The molecule has 5 nitrogen and oxygen atoms in total. The Bertz CT molecular complexity index is 799. The predicted octanol–water partition coefficient (Wildman–Crippen LogP) is 4.84. The van der Waals surface area contributed by atoms with Crippen LogP contribution in [0.15, 0.2) is 12.1 Å². The number of amides is 1. The largest absolute Gasteiger partial charge is 0.490 e. The highest BCUT2D eigenvalue weighted by Gasteiger charge is 2.17. The van der Waals surface area contributed by atoms with Crippen LogP contribution in [0.25, 0.3) is 0 Å². The van der Waals surface area contributed by atoms with Crippen molar-refractivity contribution in [2.45, 2.75) is 52.4 Å². The summed E-state index contributed by atoms with van der Waals surface area (Å²) in [5, 5.41) is 4.45. The summed E-state index contributed by atoms with van der Waals surface area (Å²) in [7, 11) is 0. The molecular weight excluding hydrogens is 396 g/mol. The summed E-state index contributed by atoms with van der Waals surface area (Å²) < 4.78 is 11.3. The number of benzene rings is 1. The normalized spacial score (nSPS) is 13.1. The lowest BCUT2D eigenvalue weighted by atomic mass is 10.0. The van der Waals surface area contributed by atoms with Crippen LogP contribution in [-0.2, 0) is 19.3 Å². The Morgan fingerprint density at radius 2 is 2.07 bits per heavy atom. The molecule has 0 fully saturated rings. The molecule has 7 heteroatoms. The molecule has 0 atom stereocenters. The molecule has 1 aromatic heterocycles. The van der Waals surface area contributed by atoms with Crippen LogP contribution in [0.3, 0.4) is 0 Å². The molecule has 1 aliphatic carbocycles. The number of aryl methyl sites for hydroxylation is 2. The van der Waals surface area contributed by atoms with E-state index < -0.39 is 0 Å². The fourth-order valence-electron chi connectivity index (χ4n) is 3.20. The second-order valence-electron chi connectivity index (χ2n) is 6.76. The van der Waals surface area contributed by atoms with Crippen molar-refractivity contribution in [2.75, 3.05) is 19.8 Å². The van der Waals surface area contributed by atoms with Crippen LogP contribution in [0.5, 0.6) is 11.5 Å². The quantitative estimate of drug-likeness (QED) is 0.628. The van der Waals surface area contributed by atoms with Crippen LogP contribution in [0.1, 0.15) is 59.0 Å². The van der Waals surface area contributed by atoms with E-state index in [4.69, 9.17) is 26.1 Å². The van der Waals surface area contributed by atoms with Gasteiger partial charge in [0.15, 0.2) is 11.5 Å². The molecule has 0 saturated heterocycles. The molecule has 0 radical (unpaired) electrons. The Morgan fingerprint density at radius 1 is 1.25 bits per heavy atom. The van der Waals surface area contributed by atoms with Crippen molar-refractivity contribution in [1.82, 2.24) is 10.3 Å². The fourth-order valence-corrected chi connectivity index (χ4v) is 4.63. The predicted molar refractivity (Wildman–Crippen MR) is 113 cm³/mol. The van der Waals surface area contributed by atoms with Crippen LogP contribution in [-0.4, -0.2) is 30.6 Å². The summed E-state index contributed by atoms with van der Waals surface area (Å²) in [4.78, 5) is 18.7. The van der Waals surface area contributed by atoms with Crippen molar-refractivity contribution in [2.24, 2.45) is 0 Å². The molecule has 0 aliphatic heterocycles. The number of carbonyl (C=O) groups excluding carboxylic acids is 1. The molecule has 1 N–H and O–H groups in total. The first-order valence-electron chi connectivity index (χ1n) is 9.97. The molecule has 152 valence electrons. The minimum Gasteiger partial charge on any atom is -0.490 e. The molecule has 1 amide bonds. The average molecular weight is 423 g/mol. The molecule has 3 rings (SSSR count). The molecular formula is C21H27ClN2O3S. The highest BCUT2D eigenvalue weighted by Crippen LogP contribution is 2.37. The monoisotopic (exact) mass is 422 g/mol. The molecule has 2 aromatic rings. The first-order valence-corrected chi connectivity index (χ1v) is 11.2. The van der Waals surface area contributed by atoms with E-state index in [1.165, 1.54) is 23.4 Å². The van der Waals surface area contributed by atoms with E-state index >= 15 is 0 Å². The van der Waals surface area contributed by atoms with E-state index in [0.29, 0.717) is 41.8 Å². The zero-order valence-electron chi connectivity index (χ0n) is 16.5. The van der Waals surface area contributed by atoms with Gasteiger partial charge in [0, 0.05) is 23.4 Å². The zero-order chi connectivity index (χ0) is 19.9. The van der Waals surface area contributed by atoms with Crippen molar-refractivity contribution in [3.05, 3.63) is 38.3 Å². The third-order valence-electron chi connectivity index (χ3n) is 4.54. The number of hydrogen-bond acceptors (Lipinski definition) is 5. The van der Waals surface area contributed by atoms with Crippen LogP contribution in [0.4, 0.5) is 0 Å². The maximum Gasteiger partial charge on any atom is 0.251 e.